The zero-order chi connectivity index (χ0) is 17.1. The molecule has 24 heavy (non-hydrogen) atoms. The van der Waals surface area contributed by atoms with Crippen molar-refractivity contribution in [2.24, 2.45) is 5.92 Å². The third-order valence-electron chi connectivity index (χ3n) is 4.63. The van der Waals surface area contributed by atoms with Crippen molar-refractivity contribution in [3.8, 4) is 11.8 Å². The van der Waals surface area contributed by atoms with Crippen LogP contribution in [0.3, 0.4) is 0 Å². The minimum Gasteiger partial charge on any atom is -0.335 e. The van der Waals surface area contributed by atoms with Gasteiger partial charge in [0.2, 0.25) is 0 Å². The van der Waals surface area contributed by atoms with E-state index in [1.54, 1.807) is 11.0 Å². The largest absolute Gasteiger partial charge is 0.335 e. The molecular weight excluding hydrogens is 302 g/mol. The monoisotopic (exact) mass is 323 g/mol. The van der Waals surface area contributed by atoms with E-state index >= 15 is 0 Å². The minimum absolute atomic E-state index is 0.00195. The predicted molar refractivity (Wildman–Crippen MR) is 89.5 cm³/mol. The average Bonchev–Trinajstić information content (AvgIpc) is 3.30. The molecule has 1 atom stereocenters. The SMILES string of the molecule is Cc1cc(C(=O)N(CCC#N)[C@H](C)C2CC2)ccc1-n1cncn1. The van der Waals surface area contributed by atoms with Crippen LogP contribution in [-0.2, 0) is 0 Å². The average molecular weight is 323 g/mol. The van der Waals surface area contributed by atoms with Gasteiger partial charge in [-0.1, -0.05) is 0 Å². The Kier molecular flexibility index (Phi) is 4.61. The molecule has 0 aliphatic heterocycles. The Bertz CT molecular complexity index is 758. The van der Waals surface area contributed by atoms with Crippen LogP contribution in [0.4, 0.5) is 0 Å². The van der Waals surface area contributed by atoms with Crippen molar-refractivity contribution < 1.29 is 4.79 Å². The van der Waals surface area contributed by atoms with E-state index in [0.717, 1.165) is 11.3 Å². The Morgan fingerprint density at radius 3 is 2.88 bits per heavy atom. The van der Waals surface area contributed by atoms with Crippen LogP contribution in [0, 0.1) is 24.2 Å². The summed E-state index contributed by atoms with van der Waals surface area (Å²) in [6.45, 7) is 4.53. The quantitative estimate of drug-likeness (QED) is 0.819. The molecule has 0 bridgehead atoms. The van der Waals surface area contributed by atoms with Gasteiger partial charge in [-0.05, 0) is 56.4 Å². The van der Waals surface area contributed by atoms with Gasteiger partial charge in [0.05, 0.1) is 18.2 Å². The molecule has 6 heteroatoms. The van der Waals surface area contributed by atoms with Gasteiger partial charge in [0, 0.05) is 18.2 Å². The second-order valence-electron chi connectivity index (χ2n) is 6.33. The molecule has 0 spiro atoms. The molecule has 1 heterocycles. The summed E-state index contributed by atoms with van der Waals surface area (Å²) in [5.41, 5.74) is 2.52. The Morgan fingerprint density at radius 1 is 1.50 bits per heavy atom. The van der Waals surface area contributed by atoms with Gasteiger partial charge in [-0.25, -0.2) is 9.67 Å². The van der Waals surface area contributed by atoms with Crippen LogP contribution in [0.1, 0.15) is 42.1 Å². The fourth-order valence-corrected chi connectivity index (χ4v) is 3.04. The molecule has 2 aromatic rings. The van der Waals surface area contributed by atoms with E-state index in [1.165, 1.54) is 19.2 Å². The van der Waals surface area contributed by atoms with Crippen LogP contribution in [0.15, 0.2) is 30.9 Å². The van der Waals surface area contributed by atoms with Crippen molar-refractivity contribution in [2.45, 2.75) is 39.2 Å². The lowest BCUT2D eigenvalue weighted by atomic mass is 10.1. The van der Waals surface area contributed by atoms with Crippen LogP contribution in [0.2, 0.25) is 0 Å². The van der Waals surface area contributed by atoms with Gasteiger partial charge in [-0.2, -0.15) is 10.4 Å². The first kappa shape index (κ1) is 16.2. The second-order valence-corrected chi connectivity index (χ2v) is 6.33. The number of amides is 1. The van der Waals surface area contributed by atoms with E-state index < -0.39 is 0 Å². The van der Waals surface area contributed by atoms with Crippen molar-refractivity contribution in [3.05, 3.63) is 42.0 Å². The van der Waals surface area contributed by atoms with Crippen LogP contribution in [-0.4, -0.2) is 38.2 Å². The predicted octanol–water partition coefficient (Wildman–Crippen LogP) is 2.73. The molecule has 1 aromatic carbocycles. The Hall–Kier alpha value is -2.68. The highest BCUT2D eigenvalue weighted by Crippen LogP contribution is 2.35. The van der Waals surface area contributed by atoms with Gasteiger partial charge in [0.25, 0.3) is 5.91 Å². The number of carbonyl (C=O) groups excluding carboxylic acids is 1. The van der Waals surface area contributed by atoms with E-state index in [2.05, 4.69) is 23.1 Å². The standard InChI is InChI=1S/C18H21N5O/c1-13-10-16(6-7-17(13)23-12-20-11-21-23)18(24)22(9-3-8-19)14(2)15-4-5-15/h6-7,10-12,14-15H,3-5,9H2,1-2H3/t14-/m1/s1. The maximum Gasteiger partial charge on any atom is 0.254 e. The number of aryl methyl sites for hydroxylation is 1. The number of hydrogen-bond acceptors (Lipinski definition) is 4. The molecule has 1 fully saturated rings. The molecule has 124 valence electrons. The highest BCUT2D eigenvalue weighted by Gasteiger charge is 2.34. The van der Waals surface area contributed by atoms with Crippen molar-refractivity contribution >= 4 is 5.91 Å². The lowest BCUT2D eigenvalue weighted by molar-refractivity contribution is 0.0676. The van der Waals surface area contributed by atoms with Crippen LogP contribution in [0.25, 0.3) is 5.69 Å². The summed E-state index contributed by atoms with van der Waals surface area (Å²) >= 11 is 0. The molecule has 1 aliphatic rings. The van der Waals surface area contributed by atoms with Gasteiger partial charge in [-0.15, -0.1) is 0 Å². The maximum absolute atomic E-state index is 13.0. The van der Waals surface area contributed by atoms with Crippen LogP contribution >= 0.6 is 0 Å². The third-order valence-corrected chi connectivity index (χ3v) is 4.63. The lowest BCUT2D eigenvalue weighted by Crippen LogP contribution is -2.40. The topological polar surface area (TPSA) is 74.8 Å². The summed E-state index contributed by atoms with van der Waals surface area (Å²) in [5, 5.41) is 13.0. The van der Waals surface area contributed by atoms with Crippen LogP contribution in [0.5, 0.6) is 0 Å². The lowest BCUT2D eigenvalue weighted by Gasteiger charge is -2.29. The molecular formula is C18H21N5O. The molecule has 1 saturated carbocycles. The smallest absolute Gasteiger partial charge is 0.254 e. The van der Waals surface area contributed by atoms with Gasteiger partial charge in [0.15, 0.2) is 0 Å². The van der Waals surface area contributed by atoms with Gasteiger partial charge < -0.3 is 4.90 Å². The zero-order valence-electron chi connectivity index (χ0n) is 14.0. The number of hydrogen-bond donors (Lipinski definition) is 0. The van der Waals surface area contributed by atoms with Crippen molar-refractivity contribution in [1.82, 2.24) is 19.7 Å². The van der Waals surface area contributed by atoms with Crippen LogP contribution < -0.4 is 0 Å². The van der Waals surface area contributed by atoms with E-state index in [9.17, 15) is 4.79 Å². The van der Waals surface area contributed by atoms with E-state index in [1.807, 2.05) is 30.0 Å². The second kappa shape index (κ2) is 6.83. The summed E-state index contributed by atoms with van der Waals surface area (Å²) in [6, 6.07) is 7.93. The summed E-state index contributed by atoms with van der Waals surface area (Å²) in [7, 11) is 0. The molecule has 1 amide bonds. The van der Waals surface area contributed by atoms with Gasteiger partial charge >= 0.3 is 0 Å². The van der Waals surface area contributed by atoms with E-state index in [-0.39, 0.29) is 11.9 Å². The summed E-state index contributed by atoms with van der Waals surface area (Å²) in [6.07, 6.45) is 5.82. The van der Waals surface area contributed by atoms with Gasteiger partial charge in [0.1, 0.15) is 12.7 Å². The highest BCUT2D eigenvalue weighted by molar-refractivity contribution is 5.95. The first-order valence-corrected chi connectivity index (χ1v) is 8.25. The molecule has 3 rings (SSSR count). The van der Waals surface area contributed by atoms with E-state index in [0.29, 0.717) is 24.4 Å². The summed E-state index contributed by atoms with van der Waals surface area (Å²) < 4.78 is 1.68. The number of benzene rings is 1. The number of rotatable bonds is 6. The Labute approximate surface area is 141 Å². The Balaban J connectivity index is 1.84. The number of nitriles is 1. The molecule has 0 N–H and O–H groups in total. The molecule has 0 unspecified atom stereocenters. The molecule has 0 radical (unpaired) electrons. The van der Waals surface area contributed by atoms with Gasteiger partial charge in [-0.3, -0.25) is 4.79 Å². The number of carbonyl (C=O) groups is 1. The normalized spacial score (nSPS) is 14.9. The molecule has 0 saturated heterocycles. The third kappa shape index (κ3) is 3.30. The Morgan fingerprint density at radius 2 is 2.29 bits per heavy atom. The molecule has 1 aromatic heterocycles. The first-order chi connectivity index (χ1) is 11.6. The fraction of sp³-hybridized carbons (Fsp3) is 0.444. The summed E-state index contributed by atoms with van der Waals surface area (Å²) in [4.78, 5) is 18.8. The molecule has 1 aliphatic carbocycles. The van der Waals surface area contributed by atoms with Crippen molar-refractivity contribution in [2.75, 3.05) is 6.54 Å². The zero-order valence-corrected chi connectivity index (χ0v) is 14.0. The maximum atomic E-state index is 13.0. The number of nitrogens with zero attached hydrogens (tertiary/aromatic N) is 5. The van der Waals surface area contributed by atoms with E-state index in [4.69, 9.17) is 5.26 Å². The fourth-order valence-electron chi connectivity index (χ4n) is 3.04. The van der Waals surface area contributed by atoms with Crippen molar-refractivity contribution in [1.29, 1.82) is 5.26 Å². The molecule has 6 nitrogen and oxygen atoms in total. The first-order valence-electron chi connectivity index (χ1n) is 8.25. The number of aromatic nitrogens is 3. The van der Waals surface area contributed by atoms with Crippen molar-refractivity contribution in [3.63, 3.8) is 0 Å². The highest BCUT2D eigenvalue weighted by atomic mass is 16.2. The minimum atomic E-state index is -0.00195. The summed E-state index contributed by atoms with van der Waals surface area (Å²) in [5.74, 6) is 0.570.